The lowest BCUT2D eigenvalue weighted by atomic mass is 10.2. The van der Waals surface area contributed by atoms with E-state index >= 15 is 0 Å². The largest absolute Gasteiger partial charge is 0.462 e. The highest BCUT2D eigenvalue weighted by molar-refractivity contribution is 4.88. The second-order valence-corrected chi connectivity index (χ2v) is 3.27. The SMILES string of the molecule is CCC(F)(OC(F)(F)C(F)(F)C(F)(F)F)C(F)(F)F. The van der Waals surface area contributed by atoms with Gasteiger partial charge in [0.1, 0.15) is 0 Å². The first-order chi connectivity index (χ1) is 8.02. The zero-order valence-electron chi connectivity index (χ0n) is 8.77. The minimum absolute atomic E-state index is 0.273. The van der Waals surface area contributed by atoms with E-state index in [2.05, 4.69) is 4.74 Å². The molecule has 19 heavy (non-hydrogen) atoms. The molecule has 0 spiro atoms. The van der Waals surface area contributed by atoms with Crippen LogP contribution in [0, 0.1) is 0 Å². The summed E-state index contributed by atoms with van der Waals surface area (Å²) in [6.07, 6.45) is -21.8. The molecule has 0 aliphatic rings. The summed E-state index contributed by atoms with van der Waals surface area (Å²) in [4.78, 5) is 0. The third kappa shape index (κ3) is 3.20. The third-order valence-electron chi connectivity index (χ3n) is 1.89. The standard InChI is InChI=1S/C7H5F11O/c1-2-3(8,5(11,12)13)19-7(17,18)4(9,10)6(14,15)16/h2H2,1H3. The monoisotopic (exact) mass is 314 g/mol. The van der Waals surface area contributed by atoms with Crippen LogP contribution in [0.15, 0.2) is 0 Å². The molecule has 0 aromatic rings. The van der Waals surface area contributed by atoms with Crippen molar-refractivity contribution in [3.8, 4) is 0 Å². The number of ether oxygens (including phenoxy) is 1. The summed E-state index contributed by atoms with van der Waals surface area (Å²) in [7, 11) is 0. The van der Waals surface area contributed by atoms with Gasteiger partial charge in [-0.05, 0) is 0 Å². The van der Waals surface area contributed by atoms with Crippen LogP contribution in [0.1, 0.15) is 13.3 Å². The fraction of sp³-hybridized carbons (Fsp3) is 1.00. The first kappa shape index (κ1) is 18.2. The molecule has 12 heteroatoms. The van der Waals surface area contributed by atoms with Crippen LogP contribution in [0.2, 0.25) is 0 Å². The van der Waals surface area contributed by atoms with Gasteiger partial charge in [-0.1, -0.05) is 6.92 Å². The predicted molar refractivity (Wildman–Crippen MR) is 37.2 cm³/mol. The smallest absolute Gasteiger partial charge is 0.269 e. The van der Waals surface area contributed by atoms with E-state index in [9.17, 15) is 48.3 Å². The van der Waals surface area contributed by atoms with Crippen molar-refractivity contribution in [1.82, 2.24) is 0 Å². The second kappa shape index (κ2) is 4.63. The van der Waals surface area contributed by atoms with Crippen LogP contribution in [0.3, 0.4) is 0 Å². The molecule has 1 unspecified atom stereocenters. The average Bonchev–Trinajstić information content (AvgIpc) is 2.12. The molecule has 0 aromatic heterocycles. The fourth-order valence-corrected chi connectivity index (χ4v) is 0.763. The minimum Gasteiger partial charge on any atom is -0.269 e. The number of rotatable bonds is 4. The van der Waals surface area contributed by atoms with Gasteiger partial charge >= 0.3 is 30.2 Å². The summed E-state index contributed by atoms with van der Waals surface area (Å²) in [5.74, 6) is -12.3. The number of alkyl halides is 11. The Balaban J connectivity index is 5.48. The lowest BCUT2D eigenvalue weighted by Gasteiger charge is -2.34. The van der Waals surface area contributed by atoms with Crippen molar-refractivity contribution in [3.63, 3.8) is 0 Å². The maximum absolute atomic E-state index is 12.9. The van der Waals surface area contributed by atoms with Crippen LogP contribution in [0.5, 0.6) is 0 Å². The van der Waals surface area contributed by atoms with Gasteiger partial charge in [0.2, 0.25) is 0 Å². The van der Waals surface area contributed by atoms with Crippen LogP contribution >= 0.6 is 0 Å². The van der Waals surface area contributed by atoms with Crippen molar-refractivity contribution in [2.75, 3.05) is 0 Å². The molecule has 0 rings (SSSR count). The van der Waals surface area contributed by atoms with Gasteiger partial charge < -0.3 is 0 Å². The molecule has 116 valence electrons. The highest BCUT2D eigenvalue weighted by Gasteiger charge is 2.77. The summed E-state index contributed by atoms with van der Waals surface area (Å²) < 4.78 is 135. The predicted octanol–water partition coefficient (Wildman–Crippen LogP) is 4.43. The van der Waals surface area contributed by atoms with E-state index in [1.807, 2.05) is 0 Å². The van der Waals surface area contributed by atoms with Crippen LogP contribution in [-0.4, -0.2) is 30.2 Å². The van der Waals surface area contributed by atoms with Gasteiger partial charge in [-0.25, -0.2) is 4.39 Å². The highest BCUT2D eigenvalue weighted by atomic mass is 19.4. The first-order valence-corrected chi connectivity index (χ1v) is 4.30. The van der Waals surface area contributed by atoms with Crippen LogP contribution in [0.4, 0.5) is 48.3 Å². The molecule has 0 heterocycles. The maximum atomic E-state index is 12.9. The molecule has 0 N–H and O–H groups in total. The molecule has 0 fully saturated rings. The first-order valence-electron chi connectivity index (χ1n) is 4.30. The lowest BCUT2D eigenvalue weighted by Crippen LogP contribution is -2.58. The van der Waals surface area contributed by atoms with E-state index < -0.39 is 36.7 Å². The third-order valence-corrected chi connectivity index (χ3v) is 1.89. The normalized spacial score (nSPS) is 18.3. The second-order valence-electron chi connectivity index (χ2n) is 3.27. The van der Waals surface area contributed by atoms with Gasteiger partial charge in [0, 0.05) is 6.42 Å². The quantitative estimate of drug-likeness (QED) is 0.698. The van der Waals surface area contributed by atoms with Gasteiger partial charge in [-0.3, -0.25) is 4.74 Å². The molecule has 0 radical (unpaired) electrons. The number of hydrogen-bond acceptors (Lipinski definition) is 1. The summed E-state index contributed by atoms with van der Waals surface area (Å²) in [6.45, 7) is 0.273. The molecular weight excluding hydrogens is 309 g/mol. The molecule has 0 amide bonds. The van der Waals surface area contributed by atoms with Crippen molar-refractivity contribution in [2.24, 2.45) is 0 Å². The summed E-state index contributed by atoms with van der Waals surface area (Å²) in [5, 5.41) is 0. The van der Waals surface area contributed by atoms with Crippen molar-refractivity contribution < 1.29 is 53.0 Å². The average molecular weight is 314 g/mol. The molecule has 0 aliphatic heterocycles. The Kier molecular flexibility index (Phi) is 4.43. The molecule has 0 bridgehead atoms. The van der Waals surface area contributed by atoms with E-state index in [1.165, 1.54) is 0 Å². The zero-order valence-corrected chi connectivity index (χ0v) is 8.77. The number of hydrogen-bond donors (Lipinski definition) is 0. The van der Waals surface area contributed by atoms with Gasteiger partial charge in [-0.15, -0.1) is 0 Å². The fourth-order valence-electron chi connectivity index (χ4n) is 0.763. The van der Waals surface area contributed by atoms with Crippen molar-refractivity contribution in [3.05, 3.63) is 0 Å². The van der Waals surface area contributed by atoms with Crippen LogP contribution in [0.25, 0.3) is 0 Å². The van der Waals surface area contributed by atoms with Crippen molar-refractivity contribution >= 4 is 0 Å². The summed E-state index contributed by atoms with van der Waals surface area (Å²) in [5.41, 5.74) is 0. The summed E-state index contributed by atoms with van der Waals surface area (Å²) in [6, 6.07) is 0. The van der Waals surface area contributed by atoms with Gasteiger partial charge in [-0.2, -0.15) is 43.9 Å². The van der Waals surface area contributed by atoms with E-state index in [1.54, 1.807) is 0 Å². The topological polar surface area (TPSA) is 9.23 Å². The minimum atomic E-state index is -6.99. The maximum Gasteiger partial charge on any atom is 0.462 e. The number of halogens is 11. The highest BCUT2D eigenvalue weighted by Crippen LogP contribution is 2.51. The van der Waals surface area contributed by atoms with E-state index in [0.717, 1.165) is 0 Å². The molecule has 1 nitrogen and oxygen atoms in total. The Morgan fingerprint density at radius 2 is 1.05 bits per heavy atom. The molecule has 0 aliphatic carbocycles. The lowest BCUT2D eigenvalue weighted by molar-refractivity contribution is -0.483. The van der Waals surface area contributed by atoms with E-state index in [0.29, 0.717) is 0 Å². The molecule has 0 saturated carbocycles. The van der Waals surface area contributed by atoms with Gasteiger partial charge in [0.25, 0.3) is 0 Å². The van der Waals surface area contributed by atoms with E-state index in [-0.39, 0.29) is 6.92 Å². The van der Waals surface area contributed by atoms with Crippen LogP contribution < -0.4 is 0 Å². The Morgan fingerprint density at radius 3 is 1.26 bits per heavy atom. The van der Waals surface area contributed by atoms with Crippen LogP contribution in [-0.2, 0) is 4.74 Å². The summed E-state index contributed by atoms with van der Waals surface area (Å²) >= 11 is 0. The molecule has 0 saturated heterocycles. The molecule has 0 aromatic carbocycles. The van der Waals surface area contributed by atoms with Gasteiger partial charge in [0.15, 0.2) is 0 Å². The molecular formula is C7H5F11O. The Hall–Kier alpha value is -0.810. The zero-order chi connectivity index (χ0) is 15.9. The Bertz CT molecular complexity index is 316. The van der Waals surface area contributed by atoms with E-state index in [4.69, 9.17) is 0 Å². The molecule has 1 atom stereocenters. The van der Waals surface area contributed by atoms with Gasteiger partial charge in [0.05, 0.1) is 0 Å². The Morgan fingerprint density at radius 1 is 0.684 bits per heavy atom. The van der Waals surface area contributed by atoms with Crippen molar-refractivity contribution in [2.45, 2.75) is 43.6 Å². The van der Waals surface area contributed by atoms with Crippen molar-refractivity contribution in [1.29, 1.82) is 0 Å². The Labute approximate surface area is 97.9 Å².